The predicted octanol–water partition coefficient (Wildman–Crippen LogP) is 2.33. The molecule has 1 N–H and O–H groups in total. The van der Waals surface area contributed by atoms with E-state index in [-0.39, 0.29) is 23.5 Å². The number of likely N-dealkylation sites (tertiary alicyclic amines) is 2. The van der Waals surface area contributed by atoms with Crippen LogP contribution >= 0.6 is 0 Å². The van der Waals surface area contributed by atoms with Crippen LogP contribution in [0.3, 0.4) is 0 Å². The van der Waals surface area contributed by atoms with Crippen molar-refractivity contribution in [3.8, 4) is 0 Å². The number of ether oxygens (including phenoxy) is 1. The van der Waals surface area contributed by atoms with E-state index in [0.29, 0.717) is 0 Å². The standard InChI is InChI=1S/C22H32N2O3/c1-2-17-5-3-4-6-20(17)21(26)24-11-8-22(9-12-24)13-19(27-16-22)15-23-10-7-18(25)14-23/h3-6,18-19,25H,2,7-16H2,1H3. The van der Waals surface area contributed by atoms with Crippen LogP contribution in [0.5, 0.6) is 0 Å². The third-order valence-corrected chi connectivity index (χ3v) is 6.74. The third kappa shape index (κ3) is 4.05. The van der Waals surface area contributed by atoms with Crippen LogP contribution in [0.1, 0.15) is 48.5 Å². The summed E-state index contributed by atoms with van der Waals surface area (Å²) in [4.78, 5) is 17.3. The lowest BCUT2D eigenvalue weighted by Crippen LogP contribution is -2.44. The summed E-state index contributed by atoms with van der Waals surface area (Å²) in [6.45, 7) is 7.28. The van der Waals surface area contributed by atoms with Crippen LogP contribution in [0.25, 0.3) is 0 Å². The largest absolute Gasteiger partial charge is 0.392 e. The van der Waals surface area contributed by atoms with Gasteiger partial charge in [-0.25, -0.2) is 0 Å². The number of aliphatic hydroxyl groups is 1. The van der Waals surface area contributed by atoms with Gasteiger partial charge in [-0.05, 0) is 49.1 Å². The summed E-state index contributed by atoms with van der Waals surface area (Å²) >= 11 is 0. The number of hydrogen-bond acceptors (Lipinski definition) is 4. The Hall–Kier alpha value is -1.43. The molecule has 1 aromatic carbocycles. The van der Waals surface area contributed by atoms with Gasteiger partial charge in [-0.15, -0.1) is 0 Å². The number of carbonyl (C=O) groups excluding carboxylic acids is 1. The fourth-order valence-electron chi connectivity index (χ4n) is 5.02. The van der Waals surface area contributed by atoms with Crippen LogP contribution in [0.4, 0.5) is 0 Å². The van der Waals surface area contributed by atoms with E-state index in [9.17, 15) is 9.90 Å². The fraction of sp³-hybridized carbons (Fsp3) is 0.682. The minimum Gasteiger partial charge on any atom is -0.392 e. The van der Waals surface area contributed by atoms with Crippen LogP contribution < -0.4 is 0 Å². The molecule has 0 aliphatic carbocycles. The van der Waals surface area contributed by atoms with Crippen LogP contribution in [0, 0.1) is 5.41 Å². The first-order valence-corrected chi connectivity index (χ1v) is 10.5. The van der Waals surface area contributed by atoms with Crippen molar-refractivity contribution in [2.45, 2.75) is 51.2 Å². The van der Waals surface area contributed by atoms with E-state index in [0.717, 1.165) is 82.6 Å². The Labute approximate surface area is 162 Å². The molecule has 27 heavy (non-hydrogen) atoms. The molecule has 4 rings (SSSR count). The summed E-state index contributed by atoms with van der Waals surface area (Å²) in [6.07, 6.45) is 5.04. The van der Waals surface area contributed by atoms with E-state index >= 15 is 0 Å². The zero-order valence-corrected chi connectivity index (χ0v) is 16.4. The lowest BCUT2D eigenvalue weighted by Gasteiger charge is -2.38. The average molecular weight is 373 g/mol. The average Bonchev–Trinajstić information content (AvgIpc) is 3.28. The molecule has 2 atom stereocenters. The summed E-state index contributed by atoms with van der Waals surface area (Å²) < 4.78 is 6.13. The van der Waals surface area contributed by atoms with E-state index in [1.165, 1.54) is 0 Å². The van der Waals surface area contributed by atoms with Crippen LogP contribution in [-0.4, -0.2) is 72.4 Å². The SMILES string of the molecule is CCc1ccccc1C(=O)N1CCC2(CC1)COC(CN1CCC(O)C1)C2. The van der Waals surface area contributed by atoms with Crippen molar-refractivity contribution < 1.29 is 14.6 Å². The zero-order chi connectivity index (χ0) is 18.9. The summed E-state index contributed by atoms with van der Waals surface area (Å²) in [7, 11) is 0. The molecule has 3 saturated heterocycles. The first-order chi connectivity index (χ1) is 13.1. The van der Waals surface area contributed by atoms with Crippen molar-refractivity contribution in [3.05, 3.63) is 35.4 Å². The molecule has 1 aromatic rings. The van der Waals surface area contributed by atoms with Gasteiger partial charge in [0.25, 0.3) is 5.91 Å². The van der Waals surface area contributed by atoms with Gasteiger partial charge in [0.05, 0.1) is 18.8 Å². The maximum absolute atomic E-state index is 13.0. The molecular weight excluding hydrogens is 340 g/mol. The van der Waals surface area contributed by atoms with Crippen molar-refractivity contribution in [2.24, 2.45) is 5.41 Å². The normalized spacial score (nSPS) is 28.1. The first kappa shape index (κ1) is 18.9. The Morgan fingerprint density at radius 1 is 1.26 bits per heavy atom. The van der Waals surface area contributed by atoms with Crippen molar-refractivity contribution in [1.82, 2.24) is 9.80 Å². The maximum Gasteiger partial charge on any atom is 0.254 e. The highest BCUT2D eigenvalue weighted by molar-refractivity contribution is 5.95. The molecule has 0 aromatic heterocycles. The van der Waals surface area contributed by atoms with E-state index in [1.54, 1.807) is 0 Å². The molecule has 3 aliphatic heterocycles. The maximum atomic E-state index is 13.0. The smallest absolute Gasteiger partial charge is 0.254 e. The van der Waals surface area contributed by atoms with Gasteiger partial charge in [0.15, 0.2) is 0 Å². The van der Waals surface area contributed by atoms with E-state index < -0.39 is 0 Å². The van der Waals surface area contributed by atoms with Gasteiger partial charge in [0.1, 0.15) is 0 Å². The molecule has 5 heteroatoms. The highest BCUT2D eigenvalue weighted by Crippen LogP contribution is 2.42. The number of rotatable bonds is 4. The van der Waals surface area contributed by atoms with Crippen molar-refractivity contribution >= 4 is 5.91 Å². The Kier molecular flexibility index (Phi) is 5.53. The number of amides is 1. The Morgan fingerprint density at radius 3 is 2.74 bits per heavy atom. The van der Waals surface area contributed by atoms with Gasteiger partial charge in [0, 0.05) is 38.3 Å². The van der Waals surface area contributed by atoms with Crippen LogP contribution in [-0.2, 0) is 11.2 Å². The Balaban J connectivity index is 1.32. The topological polar surface area (TPSA) is 53.0 Å². The molecular formula is C22H32N2O3. The van der Waals surface area contributed by atoms with E-state index in [1.807, 2.05) is 23.1 Å². The molecule has 0 saturated carbocycles. The second-order valence-corrected chi connectivity index (χ2v) is 8.64. The highest BCUT2D eigenvalue weighted by atomic mass is 16.5. The molecule has 1 spiro atoms. The zero-order valence-electron chi connectivity index (χ0n) is 16.4. The van der Waals surface area contributed by atoms with Crippen LogP contribution in [0.2, 0.25) is 0 Å². The van der Waals surface area contributed by atoms with Gasteiger partial charge >= 0.3 is 0 Å². The lowest BCUT2D eigenvalue weighted by atomic mass is 9.76. The van der Waals surface area contributed by atoms with E-state index in [2.05, 4.69) is 17.9 Å². The molecule has 2 unspecified atom stereocenters. The fourth-order valence-corrected chi connectivity index (χ4v) is 5.02. The summed E-state index contributed by atoms with van der Waals surface area (Å²) in [5.41, 5.74) is 2.24. The molecule has 0 bridgehead atoms. The Bertz CT molecular complexity index is 669. The number of benzene rings is 1. The van der Waals surface area contributed by atoms with Crippen molar-refractivity contribution in [1.29, 1.82) is 0 Å². The number of carbonyl (C=O) groups is 1. The van der Waals surface area contributed by atoms with Crippen LogP contribution in [0.15, 0.2) is 24.3 Å². The monoisotopic (exact) mass is 372 g/mol. The van der Waals surface area contributed by atoms with Gasteiger partial charge in [-0.2, -0.15) is 0 Å². The van der Waals surface area contributed by atoms with Crippen molar-refractivity contribution in [3.63, 3.8) is 0 Å². The van der Waals surface area contributed by atoms with Gasteiger partial charge in [-0.1, -0.05) is 25.1 Å². The number of aryl methyl sites for hydroxylation is 1. The van der Waals surface area contributed by atoms with Gasteiger partial charge < -0.3 is 14.7 Å². The van der Waals surface area contributed by atoms with Gasteiger partial charge in [0.2, 0.25) is 0 Å². The number of nitrogens with zero attached hydrogens (tertiary/aromatic N) is 2. The molecule has 1 amide bonds. The molecule has 3 fully saturated rings. The summed E-state index contributed by atoms with van der Waals surface area (Å²) in [5, 5.41) is 9.71. The third-order valence-electron chi connectivity index (χ3n) is 6.74. The first-order valence-electron chi connectivity index (χ1n) is 10.5. The molecule has 3 aliphatic rings. The summed E-state index contributed by atoms with van der Waals surface area (Å²) in [6, 6.07) is 7.99. The quantitative estimate of drug-likeness (QED) is 0.881. The molecule has 0 radical (unpaired) electrons. The highest BCUT2D eigenvalue weighted by Gasteiger charge is 2.43. The van der Waals surface area contributed by atoms with Gasteiger partial charge in [-0.3, -0.25) is 9.69 Å². The molecule has 5 nitrogen and oxygen atoms in total. The number of β-amino-alcohol motifs (C(OH)–C–C–N with tert-alkyl or cyclic N) is 1. The lowest BCUT2D eigenvalue weighted by molar-refractivity contribution is 0.0450. The molecule has 148 valence electrons. The Morgan fingerprint density at radius 2 is 2.04 bits per heavy atom. The second kappa shape index (κ2) is 7.90. The number of aliphatic hydroxyl groups excluding tert-OH is 1. The second-order valence-electron chi connectivity index (χ2n) is 8.64. The molecule has 3 heterocycles. The minimum absolute atomic E-state index is 0.166. The predicted molar refractivity (Wildman–Crippen MR) is 105 cm³/mol. The minimum atomic E-state index is -0.166. The van der Waals surface area contributed by atoms with Crippen molar-refractivity contribution in [2.75, 3.05) is 39.3 Å². The summed E-state index contributed by atoms with van der Waals surface area (Å²) in [5.74, 6) is 0.184. The number of piperidine rings is 1. The number of hydrogen-bond donors (Lipinski definition) is 1. The van der Waals surface area contributed by atoms with E-state index in [4.69, 9.17) is 4.74 Å².